The molecule has 1 aromatic carbocycles. The summed E-state index contributed by atoms with van der Waals surface area (Å²) in [5.41, 5.74) is 2.95. The smallest absolute Gasteiger partial charge is 0.163 e. The number of methoxy groups -OCH3 is 1. The summed E-state index contributed by atoms with van der Waals surface area (Å²) in [6, 6.07) is 13.8. The molecular formula is C20H18N6O. The van der Waals surface area contributed by atoms with Gasteiger partial charge >= 0.3 is 0 Å². The fraction of sp³-hybridized carbons (Fsp3) is 0.100. The highest BCUT2D eigenvalue weighted by Crippen LogP contribution is 2.20. The number of aromatic nitrogens is 5. The van der Waals surface area contributed by atoms with Crippen LogP contribution in [0, 0.1) is 0 Å². The Kier molecular flexibility index (Phi) is 4.74. The van der Waals surface area contributed by atoms with Gasteiger partial charge in [0.25, 0.3) is 0 Å². The van der Waals surface area contributed by atoms with Crippen LogP contribution in [0.2, 0.25) is 0 Å². The van der Waals surface area contributed by atoms with Crippen LogP contribution in [0.4, 0.5) is 5.82 Å². The van der Waals surface area contributed by atoms with E-state index < -0.39 is 0 Å². The lowest BCUT2D eigenvalue weighted by Crippen LogP contribution is -2.04. The number of nitrogens with zero attached hydrogens (tertiary/aromatic N) is 5. The number of pyridine rings is 1. The topological polar surface area (TPSA) is 77.8 Å². The second kappa shape index (κ2) is 7.65. The zero-order chi connectivity index (χ0) is 18.5. The molecule has 0 fully saturated rings. The summed E-state index contributed by atoms with van der Waals surface area (Å²) in [5, 5.41) is 7.60. The van der Waals surface area contributed by atoms with Crippen molar-refractivity contribution in [3.05, 3.63) is 79.0 Å². The van der Waals surface area contributed by atoms with Gasteiger partial charge in [-0.2, -0.15) is 5.10 Å². The lowest BCUT2D eigenvalue weighted by Gasteiger charge is -2.09. The van der Waals surface area contributed by atoms with E-state index in [1.165, 1.54) is 0 Å². The van der Waals surface area contributed by atoms with Crippen LogP contribution in [0.15, 0.2) is 73.4 Å². The van der Waals surface area contributed by atoms with Crippen LogP contribution < -0.4 is 10.1 Å². The number of ether oxygens (including phenoxy) is 1. The second-order valence-corrected chi connectivity index (χ2v) is 5.85. The van der Waals surface area contributed by atoms with Crippen LogP contribution in [0.25, 0.3) is 17.1 Å². The van der Waals surface area contributed by atoms with Crippen LogP contribution in [0.1, 0.15) is 5.56 Å². The highest BCUT2D eigenvalue weighted by Gasteiger charge is 2.05. The van der Waals surface area contributed by atoms with Crippen molar-refractivity contribution in [3.63, 3.8) is 0 Å². The number of nitrogens with one attached hydrogen (secondary N) is 1. The molecule has 0 aliphatic rings. The molecule has 4 aromatic rings. The van der Waals surface area contributed by atoms with Crippen LogP contribution in [-0.2, 0) is 6.54 Å². The predicted octanol–water partition coefficient (Wildman–Crippen LogP) is 3.35. The normalized spacial score (nSPS) is 10.6. The predicted molar refractivity (Wildman–Crippen MR) is 103 cm³/mol. The molecule has 7 nitrogen and oxygen atoms in total. The second-order valence-electron chi connectivity index (χ2n) is 5.85. The van der Waals surface area contributed by atoms with Crippen molar-refractivity contribution in [2.24, 2.45) is 0 Å². The van der Waals surface area contributed by atoms with Crippen molar-refractivity contribution >= 4 is 5.82 Å². The first-order valence-electron chi connectivity index (χ1n) is 8.47. The number of rotatable bonds is 6. The van der Waals surface area contributed by atoms with Crippen LogP contribution in [-0.4, -0.2) is 31.8 Å². The monoisotopic (exact) mass is 358 g/mol. The molecular weight excluding hydrogens is 340 g/mol. The number of hydrogen-bond donors (Lipinski definition) is 1. The van der Waals surface area contributed by atoms with Crippen molar-refractivity contribution in [3.8, 4) is 22.8 Å². The maximum atomic E-state index is 5.21. The lowest BCUT2D eigenvalue weighted by molar-refractivity contribution is 0.413. The van der Waals surface area contributed by atoms with Crippen LogP contribution in [0.5, 0.6) is 5.75 Å². The molecule has 0 aliphatic heterocycles. The summed E-state index contributed by atoms with van der Waals surface area (Å²) < 4.78 is 7.05. The zero-order valence-electron chi connectivity index (χ0n) is 14.8. The molecule has 0 amide bonds. The molecule has 134 valence electrons. The molecule has 0 radical (unpaired) electrons. The van der Waals surface area contributed by atoms with Gasteiger partial charge in [0.1, 0.15) is 11.6 Å². The van der Waals surface area contributed by atoms with Gasteiger partial charge in [0.2, 0.25) is 0 Å². The van der Waals surface area contributed by atoms with E-state index in [2.05, 4.69) is 37.5 Å². The van der Waals surface area contributed by atoms with Gasteiger partial charge in [0.05, 0.1) is 19.0 Å². The van der Waals surface area contributed by atoms with Gasteiger partial charge in [0, 0.05) is 36.9 Å². The standard InChI is InChI=1S/C20H18N6O/c1-27-18-11-16(13-21-14-18)20-22-8-6-19(25-20)23-12-15-4-2-5-17(10-15)26-9-3-7-24-26/h2-11,13-14H,12H2,1H3,(H,22,23,25). The van der Waals surface area contributed by atoms with Crippen molar-refractivity contribution in [1.82, 2.24) is 24.7 Å². The Hall–Kier alpha value is -3.74. The molecule has 0 bridgehead atoms. The van der Waals surface area contributed by atoms with Crippen molar-refractivity contribution in [2.75, 3.05) is 12.4 Å². The summed E-state index contributed by atoms with van der Waals surface area (Å²) in [6.45, 7) is 0.641. The minimum Gasteiger partial charge on any atom is -0.495 e. The first kappa shape index (κ1) is 16.7. The van der Waals surface area contributed by atoms with Gasteiger partial charge in [-0.3, -0.25) is 4.98 Å². The third-order valence-corrected chi connectivity index (χ3v) is 4.02. The van der Waals surface area contributed by atoms with Gasteiger partial charge < -0.3 is 10.1 Å². The first-order chi connectivity index (χ1) is 13.3. The molecule has 3 heterocycles. The third-order valence-electron chi connectivity index (χ3n) is 4.02. The Bertz CT molecular complexity index is 1030. The molecule has 0 atom stereocenters. The van der Waals surface area contributed by atoms with E-state index >= 15 is 0 Å². The Morgan fingerprint density at radius 1 is 1.07 bits per heavy atom. The Labute approximate surface area is 156 Å². The van der Waals surface area contributed by atoms with E-state index in [0.29, 0.717) is 18.1 Å². The molecule has 27 heavy (non-hydrogen) atoms. The molecule has 0 saturated carbocycles. The van der Waals surface area contributed by atoms with E-state index in [4.69, 9.17) is 4.74 Å². The summed E-state index contributed by atoms with van der Waals surface area (Å²) >= 11 is 0. The molecule has 1 N–H and O–H groups in total. The molecule has 4 rings (SSSR count). The van der Waals surface area contributed by atoms with Crippen molar-refractivity contribution in [2.45, 2.75) is 6.54 Å². The van der Waals surface area contributed by atoms with Gasteiger partial charge in [-0.05, 0) is 35.9 Å². The van der Waals surface area contributed by atoms with E-state index in [1.807, 2.05) is 41.2 Å². The molecule has 0 unspecified atom stereocenters. The highest BCUT2D eigenvalue weighted by molar-refractivity contribution is 5.57. The SMILES string of the molecule is COc1cncc(-c2nccc(NCc3cccc(-n4cccn4)c3)n2)c1. The molecule has 7 heteroatoms. The van der Waals surface area contributed by atoms with Gasteiger partial charge in [-0.15, -0.1) is 0 Å². The van der Waals surface area contributed by atoms with Crippen molar-refractivity contribution < 1.29 is 4.74 Å². The average Bonchev–Trinajstić information content (AvgIpc) is 3.28. The van der Waals surface area contributed by atoms with E-state index in [1.54, 1.807) is 31.9 Å². The van der Waals surface area contributed by atoms with Crippen LogP contribution >= 0.6 is 0 Å². The Morgan fingerprint density at radius 3 is 2.89 bits per heavy atom. The highest BCUT2D eigenvalue weighted by atomic mass is 16.5. The quantitative estimate of drug-likeness (QED) is 0.569. The summed E-state index contributed by atoms with van der Waals surface area (Å²) in [6.07, 6.45) is 8.78. The lowest BCUT2D eigenvalue weighted by atomic mass is 10.2. The number of anilines is 1. The summed E-state index contributed by atoms with van der Waals surface area (Å²) in [5.74, 6) is 2.01. The van der Waals surface area contributed by atoms with E-state index in [9.17, 15) is 0 Å². The maximum Gasteiger partial charge on any atom is 0.163 e. The van der Waals surface area contributed by atoms with Gasteiger partial charge in [0.15, 0.2) is 5.82 Å². The van der Waals surface area contributed by atoms with Gasteiger partial charge in [-0.1, -0.05) is 12.1 Å². The summed E-state index contributed by atoms with van der Waals surface area (Å²) in [7, 11) is 1.61. The minimum atomic E-state index is 0.594. The molecule has 0 aliphatic carbocycles. The maximum absolute atomic E-state index is 5.21. The van der Waals surface area contributed by atoms with Gasteiger partial charge in [-0.25, -0.2) is 14.6 Å². The Balaban J connectivity index is 1.50. The fourth-order valence-electron chi connectivity index (χ4n) is 2.67. The average molecular weight is 358 g/mol. The number of hydrogen-bond acceptors (Lipinski definition) is 6. The van der Waals surface area contributed by atoms with E-state index in [-0.39, 0.29) is 0 Å². The van der Waals surface area contributed by atoms with E-state index in [0.717, 1.165) is 22.6 Å². The first-order valence-corrected chi connectivity index (χ1v) is 8.47. The minimum absolute atomic E-state index is 0.594. The molecule has 0 saturated heterocycles. The Morgan fingerprint density at radius 2 is 2.04 bits per heavy atom. The number of benzene rings is 1. The molecule has 3 aromatic heterocycles. The largest absolute Gasteiger partial charge is 0.495 e. The summed E-state index contributed by atoms with van der Waals surface area (Å²) in [4.78, 5) is 13.1. The third kappa shape index (κ3) is 3.92. The van der Waals surface area contributed by atoms with Crippen molar-refractivity contribution in [1.29, 1.82) is 0 Å². The zero-order valence-corrected chi connectivity index (χ0v) is 14.8. The molecule has 0 spiro atoms. The fourth-order valence-corrected chi connectivity index (χ4v) is 2.67. The van der Waals surface area contributed by atoms with Crippen LogP contribution in [0.3, 0.4) is 0 Å².